The van der Waals surface area contributed by atoms with Crippen LogP contribution in [0.5, 0.6) is 0 Å². The fraction of sp³-hybridized carbons (Fsp3) is 0.929. The first-order chi connectivity index (χ1) is 7.14. The van der Waals surface area contributed by atoms with E-state index in [2.05, 4.69) is 13.8 Å². The predicted molar refractivity (Wildman–Crippen MR) is 58.2 cm³/mol. The number of carbonyl (C=O) groups is 1. The fourth-order valence-corrected chi connectivity index (χ4v) is 6.20. The van der Waals surface area contributed by atoms with Gasteiger partial charge in [-0.3, -0.25) is 4.79 Å². The highest BCUT2D eigenvalue weighted by Gasteiger charge is 2.73. The molecular weight excluding hydrogens is 184 g/mol. The van der Waals surface area contributed by atoms with Crippen molar-refractivity contribution in [2.45, 2.75) is 39.5 Å². The van der Waals surface area contributed by atoms with E-state index >= 15 is 0 Å². The van der Waals surface area contributed by atoms with Crippen molar-refractivity contribution in [1.29, 1.82) is 0 Å². The third-order valence-electron chi connectivity index (χ3n) is 6.64. The van der Waals surface area contributed by atoms with Crippen molar-refractivity contribution < 1.29 is 4.79 Å². The van der Waals surface area contributed by atoms with Gasteiger partial charge in [-0.05, 0) is 47.8 Å². The van der Waals surface area contributed by atoms with Gasteiger partial charge in [0.1, 0.15) is 5.78 Å². The van der Waals surface area contributed by atoms with E-state index in [0.29, 0.717) is 17.1 Å². The molecule has 1 nitrogen and oxygen atoms in total. The number of Topliss-reactive ketones (excluding diaryl/α,β-unsaturated/α-hetero) is 1. The summed E-state index contributed by atoms with van der Waals surface area (Å²) in [6.07, 6.45) is 5.02. The zero-order valence-corrected chi connectivity index (χ0v) is 9.70. The highest BCUT2D eigenvalue weighted by Crippen LogP contribution is 2.77. The molecule has 1 heteroatoms. The lowest BCUT2D eigenvalue weighted by molar-refractivity contribution is -0.160. The van der Waals surface area contributed by atoms with Crippen molar-refractivity contribution in [3.8, 4) is 0 Å². The van der Waals surface area contributed by atoms with Gasteiger partial charge in [0.15, 0.2) is 0 Å². The minimum Gasteiger partial charge on any atom is -0.299 e. The highest BCUT2D eigenvalue weighted by atomic mass is 16.1. The lowest BCUT2D eigenvalue weighted by Gasteiger charge is -2.61. The normalized spacial score (nSPS) is 65.3. The predicted octanol–water partition coefficient (Wildman–Crippen LogP) is 2.89. The first kappa shape index (κ1) is 8.78. The van der Waals surface area contributed by atoms with Gasteiger partial charge in [-0.25, -0.2) is 0 Å². The quantitative estimate of drug-likeness (QED) is 0.593. The second kappa shape index (κ2) is 2.33. The Morgan fingerprint density at radius 2 is 2.13 bits per heavy atom. The summed E-state index contributed by atoms with van der Waals surface area (Å²) in [5.74, 6) is 5.66. The molecule has 0 saturated heterocycles. The van der Waals surface area contributed by atoms with Crippen molar-refractivity contribution in [2.24, 2.45) is 40.9 Å². The Hall–Kier alpha value is -0.330. The van der Waals surface area contributed by atoms with Crippen molar-refractivity contribution in [3.63, 3.8) is 0 Å². The van der Waals surface area contributed by atoms with E-state index in [0.717, 1.165) is 36.0 Å². The van der Waals surface area contributed by atoms with Crippen LogP contribution < -0.4 is 0 Å². The van der Waals surface area contributed by atoms with Gasteiger partial charge in [0.25, 0.3) is 0 Å². The number of carbonyl (C=O) groups excluding carboxylic acids is 1. The van der Waals surface area contributed by atoms with Crippen LogP contribution in [0.4, 0.5) is 0 Å². The molecule has 0 aromatic carbocycles. The van der Waals surface area contributed by atoms with Gasteiger partial charge in [-0.1, -0.05) is 20.3 Å². The van der Waals surface area contributed by atoms with Gasteiger partial charge in [-0.2, -0.15) is 0 Å². The van der Waals surface area contributed by atoms with Crippen LogP contribution in [-0.2, 0) is 4.79 Å². The number of hydrogen-bond acceptors (Lipinski definition) is 1. The number of fused-ring (bicyclic) bond motifs is 8. The molecule has 4 aliphatic rings. The largest absolute Gasteiger partial charge is 0.299 e. The molecule has 4 saturated carbocycles. The van der Waals surface area contributed by atoms with E-state index in [-0.39, 0.29) is 0 Å². The SMILES string of the molecule is C[C@@H]1CC[C@H]2[C@@H]1[C@@H]1[C@H]3CC(=O)[C@H](C3)[C@@]12C. The van der Waals surface area contributed by atoms with Crippen LogP contribution in [0, 0.1) is 40.9 Å². The highest BCUT2D eigenvalue weighted by molar-refractivity contribution is 5.86. The molecule has 0 unspecified atom stereocenters. The third-order valence-corrected chi connectivity index (χ3v) is 6.64. The summed E-state index contributed by atoms with van der Waals surface area (Å²) in [6.45, 7) is 4.89. The van der Waals surface area contributed by atoms with Gasteiger partial charge in [0.05, 0.1) is 0 Å². The molecule has 4 aliphatic carbocycles. The maximum absolute atomic E-state index is 11.9. The molecule has 0 aromatic heterocycles. The Kier molecular flexibility index (Phi) is 1.37. The molecule has 4 fully saturated rings. The van der Waals surface area contributed by atoms with Crippen molar-refractivity contribution in [1.82, 2.24) is 0 Å². The van der Waals surface area contributed by atoms with Gasteiger partial charge in [0.2, 0.25) is 0 Å². The van der Waals surface area contributed by atoms with Crippen LogP contribution >= 0.6 is 0 Å². The van der Waals surface area contributed by atoms with Crippen LogP contribution in [0.15, 0.2) is 0 Å². The van der Waals surface area contributed by atoms with Gasteiger partial charge >= 0.3 is 0 Å². The molecular formula is C14H20O. The van der Waals surface area contributed by atoms with E-state index in [9.17, 15) is 4.79 Å². The average molecular weight is 204 g/mol. The molecule has 0 amide bonds. The summed E-state index contributed by atoms with van der Waals surface area (Å²) in [4.78, 5) is 11.9. The Morgan fingerprint density at radius 1 is 1.33 bits per heavy atom. The van der Waals surface area contributed by atoms with Crippen LogP contribution in [0.2, 0.25) is 0 Å². The Balaban J connectivity index is 1.77. The van der Waals surface area contributed by atoms with Crippen LogP contribution in [0.25, 0.3) is 0 Å². The Labute approximate surface area is 91.6 Å². The van der Waals surface area contributed by atoms with Gasteiger partial charge < -0.3 is 0 Å². The topological polar surface area (TPSA) is 17.1 Å². The molecule has 0 spiro atoms. The second-order valence-electron chi connectivity index (χ2n) is 6.85. The molecule has 7 atom stereocenters. The van der Waals surface area contributed by atoms with Crippen LogP contribution in [-0.4, -0.2) is 5.78 Å². The first-order valence-electron chi connectivity index (χ1n) is 6.66. The summed E-state index contributed by atoms with van der Waals surface area (Å²) in [5, 5.41) is 0. The maximum Gasteiger partial charge on any atom is 0.136 e. The van der Waals surface area contributed by atoms with Crippen LogP contribution in [0.1, 0.15) is 39.5 Å². The molecule has 0 heterocycles. The monoisotopic (exact) mass is 204 g/mol. The Morgan fingerprint density at radius 3 is 2.93 bits per heavy atom. The number of hydrogen-bond donors (Lipinski definition) is 0. The summed E-state index contributed by atoms with van der Waals surface area (Å²) in [6, 6.07) is 0. The summed E-state index contributed by atoms with van der Waals surface area (Å²) < 4.78 is 0. The standard InChI is InChI=1S/C14H20O/c1-7-3-4-9-12(7)13-8-5-10(11(15)6-8)14(9,13)2/h7-10,12-13H,3-6H2,1-2H3/t7-,8-,9+,10+,12-,13+,14+/m1/s1. The molecule has 0 radical (unpaired) electrons. The lowest BCUT2D eigenvalue weighted by Crippen LogP contribution is -2.58. The molecule has 82 valence electrons. The molecule has 0 aliphatic heterocycles. The number of rotatable bonds is 0. The molecule has 15 heavy (non-hydrogen) atoms. The third kappa shape index (κ3) is 0.725. The molecule has 0 aromatic rings. The lowest BCUT2D eigenvalue weighted by atomic mass is 9.43. The smallest absolute Gasteiger partial charge is 0.136 e. The fourth-order valence-electron chi connectivity index (χ4n) is 6.20. The summed E-state index contributed by atoms with van der Waals surface area (Å²) in [7, 11) is 0. The maximum atomic E-state index is 11.9. The van der Waals surface area contributed by atoms with E-state index < -0.39 is 0 Å². The number of ketones is 1. The molecule has 0 N–H and O–H groups in total. The van der Waals surface area contributed by atoms with E-state index in [1.54, 1.807) is 0 Å². The minimum absolute atomic E-state index is 0.454. The first-order valence-corrected chi connectivity index (χ1v) is 6.66. The molecule has 2 bridgehead atoms. The van der Waals surface area contributed by atoms with Crippen molar-refractivity contribution in [2.75, 3.05) is 0 Å². The average Bonchev–Trinajstić information content (AvgIpc) is 2.74. The zero-order valence-electron chi connectivity index (χ0n) is 9.70. The second-order valence-corrected chi connectivity index (χ2v) is 6.85. The van der Waals surface area contributed by atoms with E-state index in [4.69, 9.17) is 0 Å². The zero-order chi connectivity index (χ0) is 10.4. The van der Waals surface area contributed by atoms with Crippen LogP contribution in [0.3, 0.4) is 0 Å². The van der Waals surface area contributed by atoms with Crippen molar-refractivity contribution in [3.05, 3.63) is 0 Å². The Bertz CT molecular complexity index is 347. The molecule has 4 rings (SSSR count). The van der Waals surface area contributed by atoms with E-state index in [1.165, 1.54) is 19.3 Å². The minimum atomic E-state index is 0.454. The van der Waals surface area contributed by atoms with Crippen molar-refractivity contribution >= 4 is 5.78 Å². The van der Waals surface area contributed by atoms with E-state index in [1.807, 2.05) is 0 Å². The summed E-state index contributed by atoms with van der Waals surface area (Å²) in [5.41, 5.74) is 0.454. The van der Waals surface area contributed by atoms with Gasteiger partial charge in [-0.15, -0.1) is 0 Å². The van der Waals surface area contributed by atoms with Gasteiger partial charge in [0, 0.05) is 12.3 Å². The summed E-state index contributed by atoms with van der Waals surface area (Å²) >= 11 is 0.